The van der Waals surface area contributed by atoms with E-state index in [1.807, 2.05) is 22.8 Å². The van der Waals surface area contributed by atoms with Crippen molar-refractivity contribution in [3.63, 3.8) is 0 Å². The van der Waals surface area contributed by atoms with Gasteiger partial charge in [0.05, 0.1) is 29.6 Å². The molecule has 0 saturated carbocycles. The van der Waals surface area contributed by atoms with Crippen molar-refractivity contribution in [2.45, 2.75) is 13.7 Å². The van der Waals surface area contributed by atoms with Gasteiger partial charge in [-0.05, 0) is 36.8 Å². The highest BCUT2D eigenvalue weighted by Gasteiger charge is 2.19. The second kappa shape index (κ2) is 7.92. The van der Waals surface area contributed by atoms with E-state index in [-0.39, 0.29) is 12.5 Å². The van der Waals surface area contributed by atoms with E-state index in [1.54, 1.807) is 45.4 Å². The molecule has 0 amide bonds. The zero-order valence-corrected chi connectivity index (χ0v) is 16.7. The SMILES string of the molecule is CCS(=O)(=O)Nc1ccc(-c2c(C#N)c3ccc(OC)cc3n2COC)cc1. The van der Waals surface area contributed by atoms with Gasteiger partial charge in [-0.2, -0.15) is 5.26 Å². The minimum absolute atomic E-state index is 0.00273. The number of methoxy groups -OCH3 is 2. The topological polar surface area (TPSA) is 93.4 Å². The Morgan fingerprint density at radius 2 is 1.86 bits per heavy atom. The largest absolute Gasteiger partial charge is 0.497 e. The number of nitrogens with one attached hydrogen (secondary N) is 1. The van der Waals surface area contributed by atoms with Crippen LogP contribution in [-0.4, -0.2) is 33.0 Å². The molecule has 0 aliphatic carbocycles. The van der Waals surface area contributed by atoms with Gasteiger partial charge in [0.2, 0.25) is 10.0 Å². The molecule has 7 nitrogen and oxygen atoms in total. The van der Waals surface area contributed by atoms with Crippen LogP contribution in [0.25, 0.3) is 22.2 Å². The normalized spacial score (nSPS) is 11.4. The zero-order chi connectivity index (χ0) is 20.3. The summed E-state index contributed by atoms with van der Waals surface area (Å²) >= 11 is 0. The number of hydrogen-bond acceptors (Lipinski definition) is 5. The summed E-state index contributed by atoms with van der Waals surface area (Å²) in [5.41, 5.74) is 3.31. The van der Waals surface area contributed by atoms with Crippen molar-refractivity contribution in [2.75, 3.05) is 24.7 Å². The van der Waals surface area contributed by atoms with Gasteiger partial charge < -0.3 is 14.0 Å². The van der Waals surface area contributed by atoms with Gasteiger partial charge in [-0.1, -0.05) is 12.1 Å². The van der Waals surface area contributed by atoms with Crippen molar-refractivity contribution in [3.05, 3.63) is 48.0 Å². The fraction of sp³-hybridized carbons (Fsp3) is 0.250. The Hall–Kier alpha value is -3.02. The van der Waals surface area contributed by atoms with Crippen LogP contribution >= 0.6 is 0 Å². The highest BCUT2D eigenvalue weighted by Crippen LogP contribution is 2.35. The van der Waals surface area contributed by atoms with E-state index in [1.165, 1.54) is 0 Å². The predicted octanol–water partition coefficient (Wildman–Crippen LogP) is 3.55. The van der Waals surface area contributed by atoms with Crippen LogP contribution in [0, 0.1) is 11.3 Å². The van der Waals surface area contributed by atoms with Crippen LogP contribution in [0.4, 0.5) is 5.69 Å². The molecule has 0 fully saturated rings. The highest BCUT2D eigenvalue weighted by atomic mass is 32.2. The molecule has 0 aliphatic heterocycles. The smallest absolute Gasteiger partial charge is 0.232 e. The summed E-state index contributed by atoms with van der Waals surface area (Å²) in [7, 11) is -0.171. The molecule has 0 aliphatic rings. The fourth-order valence-electron chi connectivity index (χ4n) is 3.08. The molecule has 3 aromatic rings. The molecule has 0 spiro atoms. The van der Waals surface area contributed by atoms with Crippen LogP contribution in [-0.2, 0) is 21.5 Å². The Labute approximate surface area is 164 Å². The number of sulfonamides is 1. The number of rotatable bonds is 7. The summed E-state index contributed by atoms with van der Waals surface area (Å²) in [6, 6.07) is 14.7. The van der Waals surface area contributed by atoms with Crippen LogP contribution in [0.15, 0.2) is 42.5 Å². The number of nitriles is 1. The molecule has 1 N–H and O–H groups in total. The van der Waals surface area contributed by atoms with Gasteiger partial charge in [-0.15, -0.1) is 0 Å². The molecule has 3 rings (SSSR count). The first-order valence-corrected chi connectivity index (χ1v) is 10.3. The molecule has 8 heteroatoms. The van der Waals surface area contributed by atoms with Crippen molar-refractivity contribution in [2.24, 2.45) is 0 Å². The Morgan fingerprint density at radius 1 is 1.14 bits per heavy atom. The molecule has 0 unspecified atom stereocenters. The van der Waals surface area contributed by atoms with Gasteiger partial charge in [-0.25, -0.2) is 8.42 Å². The third-order valence-corrected chi connectivity index (χ3v) is 5.76. The molecular formula is C20H21N3O4S. The van der Waals surface area contributed by atoms with Crippen molar-refractivity contribution in [1.82, 2.24) is 4.57 Å². The summed E-state index contributed by atoms with van der Waals surface area (Å²) < 4.78 is 38.6. The second-order valence-electron chi connectivity index (χ2n) is 6.15. The fourth-order valence-corrected chi connectivity index (χ4v) is 3.72. The molecule has 0 saturated heterocycles. The first-order valence-electron chi connectivity index (χ1n) is 8.64. The average Bonchev–Trinajstić information content (AvgIpc) is 3.01. The Kier molecular flexibility index (Phi) is 5.58. The first kappa shape index (κ1) is 19.7. The molecule has 0 radical (unpaired) electrons. The van der Waals surface area contributed by atoms with Gasteiger partial charge in [-0.3, -0.25) is 4.72 Å². The van der Waals surface area contributed by atoms with E-state index in [0.717, 1.165) is 16.5 Å². The summed E-state index contributed by atoms with van der Waals surface area (Å²) in [6.07, 6.45) is 0. The third kappa shape index (κ3) is 3.67. The molecule has 0 bridgehead atoms. The van der Waals surface area contributed by atoms with Crippen LogP contribution in [0.3, 0.4) is 0 Å². The highest BCUT2D eigenvalue weighted by molar-refractivity contribution is 7.92. The van der Waals surface area contributed by atoms with Gasteiger partial charge in [0.25, 0.3) is 0 Å². The summed E-state index contributed by atoms with van der Waals surface area (Å²) in [4.78, 5) is 0. The predicted molar refractivity (Wildman–Crippen MR) is 109 cm³/mol. The molecule has 0 atom stereocenters. The monoisotopic (exact) mass is 399 g/mol. The van der Waals surface area contributed by atoms with Crippen molar-refractivity contribution < 1.29 is 17.9 Å². The van der Waals surface area contributed by atoms with Gasteiger partial charge >= 0.3 is 0 Å². The molecular weight excluding hydrogens is 378 g/mol. The number of aromatic nitrogens is 1. The van der Waals surface area contributed by atoms with E-state index >= 15 is 0 Å². The first-order chi connectivity index (χ1) is 13.4. The maximum absolute atomic E-state index is 11.8. The van der Waals surface area contributed by atoms with E-state index < -0.39 is 10.0 Å². The molecule has 2 aromatic carbocycles. The van der Waals surface area contributed by atoms with Crippen molar-refractivity contribution >= 4 is 26.6 Å². The maximum Gasteiger partial charge on any atom is 0.232 e. The van der Waals surface area contributed by atoms with E-state index in [2.05, 4.69) is 10.8 Å². The standard InChI is InChI=1S/C20H21N3O4S/c1-4-28(24,25)22-15-7-5-14(6-8-15)20-18(12-21)17-10-9-16(27-3)11-19(17)23(20)13-26-2/h5-11,22H,4,13H2,1-3H3. The molecule has 1 aromatic heterocycles. The summed E-state index contributed by atoms with van der Waals surface area (Å²) in [5.74, 6) is 0.680. The van der Waals surface area contributed by atoms with E-state index in [9.17, 15) is 13.7 Å². The van der Waals surface area contributed by atoms with E-state index in [0.29, 0.717) is 22.7 Å². The third-order valence-electron chi connectivity index (χ3n) is 4.45. The number of hydrogen-bond donors (Lipinski definition) is 1. The Balaban J connectivity index is 2.16. The number of fused-ring (bicyclic) bond motifs is 1. The lowest BCUT2D eigenvalue weighted by Gasteiger charge is -2.12. The van der Waals surface area contributed by atoms with Crippen molar-refractivity contribution in [3.8, 4) is 23.1 Å². The summed E-state index contributed by atoms with van der Waals surface area (Å²) in [6.45, 7) is 1.83. The van der Waals surface area contributed by atoms with Crippen molar-refractivity contribution in [1.29, 1.82) is 5.26 Å². The van der Waals surface area contributed by atoms with Gasteiger partial charge in [0.1, 0.15) is 18.5 Å². The average molecular weight is 399 g/mol. The molecule has 1 heterocycles. The van der Waals surface area contributed by atoms with Crippen LogP contribution in [0.2, 0.25) is 0 Å². The van der Waals surface area contributed by atoms with Crippen LogP contribution in [0.5, 0.6) is 5.75 Å². The Morgan fingerprint density at radius 3 is 2.43 bits per heavy atom. The van der Waals surface area contributed by atoms with Gasteiger partial charge in [0.15, 0.2) is 0 Å². The zero-order valence-electron chi connectivity index (χ0n) is 15.9. The lowest BCUT2D eigenvalue weighted by atomic mass is 10.1. The molecule has 28 heavy (non-hydrogen) atoms. The van der Waals surface area contributed by atoms with Gasteiger partial charge in [0, 0.05) is 24.2 Å². The quantitative estimate of drug-likeness (QED) is 0.656. The number of anilines is 1. The van der Waals surface area contributed by atoms with E-state index in [4.69, 9.17) is 9.47 Å². The second-order valence-corrected chi connectivity index (χ2v) is 8.16. The maximum atomic E-state index is 11.8. The number of ether oxygens (including phenoxy) is 2. The minimum atomic E-state index is -3.35. The number of nitrogens with zero attached hydrogens (tertiary/aromatic N) is 2. The lowest BCUT2D eigenvalue weighted by Crippen LogP contribution is -2.14. The van der Waals surface area contributed by atoms with Crippen LogP contribution < -0.4 is 9.46 Å². The summed E-state index contributed by atoms with van der Waals surface area (Å²) in [5, 5.41) is 10.6. The Bertz CT molecular complexity index is 1140. The minimum Gasteiger partial charge on any atom is -0.497 e. The van der Waals surface area contributed by atoms with Crippen LogP contribution in [0.1, 0.15) is 12.5 Å². The molecule has 146 valence electrons. The lowest BCUT2D eigenvalue weighted by molar-refractivity contribution is 0.136. The number of benzene rings is 2.